The van der Waals surface area contributed by atoms with Crippen LogP contribution in [0.3, 0.4) is 0 Å². The second-order valence-corrected chi connectivity index (χ2v) is 6.62. The lowest BCUT2D eigenvalue weighted by atomic mass is 9.87. The molecule has 3 rings (SSSR count). The number of para-hydroxylation sites is 1. The average Bonchev–Trinajstić information content (AvgIpc) is 2.60. The Morgan fingerprint density at radius 2 is 1.83 bits per heavy atom. The van der Waals surface area contributed by atoms with Gasteiger partial charge in [0.05, 0.1) is 6.04 Å². The van der Waals surface area contributed by atoms with Crippen molar-refractivity contribution in [2.75, 3.05) is 13.7 Å². The van der Waals surface area contributed by atoms with Crippen LogP contribution in [0, 0.1) is 13.8 Å². The van der Waals surface area contributed by atoms with Crippen LogP contribution in [-0.2, 0) is 11.2 Å². The predicted molar refractivity (Wildman–Crippen MR) is 96.3 cm³/mol. The number of rotatable bonds is 4. The van der Waals surface area contributed by atoms with Crippen molar-refractivity contribution in [1.82, 2.24) is 4.90 Å². The summed E-state index contributed by atoms with van der Waals surface area (Å²) in [6.07, 6.45) is 3.24. The Bertz CT molecular complexity index is 718. The molecule has 1 aliphatic rings. The van der Waals surface area contributed by atoms with E-state index in [1.54, 1.807) is 0 Å². The van der Waals surface area contributed by atoms with Crippen LogP contribution in [0.1, 0.15) is 41.1 Å². The number of hydrogen-bond acceptors (Lipinski definition) is 2. The second kappa shape index (κ2) is 7.08. The van der Waals surface area contributed by atoms with E-state index >= 15 is 0 Å². The largest absolute Gasteiger partial charge is 0.483 e. The van der Waals surface area contributed by atoms with E-state index in [9.17, 15) is 4.79 Å². The Labute approximate surface area is 144 Å². The quantitative estimate of drug-likeness (QED) is 0.843. The van der Waals surface area contributed by atoms with Crippen LogP contribution in [0.15, 0.2) is 42.5 Å². The topological polar surface area (TPSA) is 29.5 Å². The zero-order valence-corrected chi connectivity index (χ0v) is 14.7. The highest BCUT2D eigenvalue weighted by Crippen LogP contribution is 2.33. The monoisotopic (exact) mass is 323 g/mol. The van der Waals surface area contributed by atoms with Gasteiger partial charge in [-0.1, -0.05) is 42.5 Å². The van der Waals surface area contributed by atoms with Gasteiger partial charge < -0.3 is 9.64 Å². The van der Waals surface area contributed by atoms with Crippen LogP contribution in [-0.4, -0.2) is 24.5 Å². The molecule has 0 spiro atoms. The molecule has 2 aromatic carbocycles. The Morgan fingerprint density at radius 3 is 2.58 bits per heavy atom. The molecule has 0 saturated carbocycles. The minimum absolute atomic E-state index is 0.0272. The molecule has 126 valence electrons. The molecule has 0 fully saturated rings. The Morgan fingerprint density at radius 1 is 1.12 bits per heavy atom. The smallest absolute Gasteiger partial charge is 0.260 e. The van der Waals surface area contributed by atoms with Gasteiger partial charge in [0.15, 0.2) is 6.61 Å². The number of likely N-dealkylation sites (N-methyl/N-ethyl adjacent to an activating group) is 1. The van der Waals surface area contributed by atoms with Gasteiger partial charge in [0.2, 0.25) is 0 Å². The summed E-state index contributed by atoms with van der Waals surface area (Å²) in [5, 5.41) is 0. The maximum absolute atomic E-state index is 12.6. The molecule has 3 heteroatoms. The maximum Gasteiger partial charge on any atom is 0.260 e. The van der Waals surface area contributed by atoms with E-state index in [0.29, 0.717) is 0 Å². The lowest BCUT2D eigenvalue weighted by Crippen LogP contribution is -2.36. The molecular weight excluding hydrogens is 298 g/mol. The van der Waals surface area contributed by atoms with Crippen molar-refractivity contribution < 1.29 is 9.53 Å². The molecule has 0 heterocycles. The number of carbonyl (C=O) groups excluding carboxylic acids is 1. The first-order valence-corrected chi connectivity index (χ1v) is 8.60. The zero-order chi connectivity index (χ0) is 17.1. The fourth-order valence-electron chi connectivity index (χ4n) is 3.57. The summed E-state index contributed by atoms with van der Waals surface area (Å²) in [5.74, 6) is 0.850. The number of hydrogen-bond donors (Lipinski definition) is 0. The number of ether oxygens (including phenoxy) is 1. The summed E-state index contributed by atoms with van der Waals surface area (Å²) in [5.41, 5.74) is 4.78. The molecule has 24 heavy (non-hydrogen) atoms. The molecule has 0 bridgehead atoms. The summed E-state index contributed by atoms with van der Waals surface area (Å²) >= 11 is 0. The Kier molecular flexibility index (Phi) is 4.89. The molecule has 0 aromatic heterocycles. The molecule has 1 aliphatic carbocycles. The minimum Gasteiger partial charge on any atom is -0.483 e. The van der Waals surface area contributed by atoms with Crippen LogP contribution < -0.4 is 4.74 Å². The summed E-state index contributed by atoms with van der Waals surface area (Å²) in [4.78, 5) is 14.5. The van der Waals surface area contributed by atoms with Gasteiger partial charge in [0, 0.05) is 7.05 Å². The summed E-state index contributed by atoms with van der Waals surface area (Å²) in [7, 11) is 1.89. The van der Waals surface area contributed by atoms with Gasteiger partial charge in [0.25, 0.3) is 5.91 Å². The number of fused-ring (bicyclic) bond motifs is 1. The maximum atomic E-state index is 12.6. The molecule has 1 amide bonds. The molecule has 0 aliphatic heterocycles. The first kappa shape index (κ1) is 16.6. The Balaban J connectivity index is 1.70. The van der Waals surface area contributed by atoms with Crippen LogP contribution in [0.25, 0.3) is 0 Å². The van der Waals surface area contributed by atoms with Crippen molar-refractivity contribution in [3.05, 3.63) is 64.7 Å². The number of amides is 1. The predicted octanol–water partition coefficient (Wildman–Crippen LogP) is 4.22. The van der Waals surface area contributed by atoms with Crippen molar-refractivity contribution in [2.24, 2.45) is 0 Å². The fourth-order valence-corrected chi connectivity index (χ4v) is 3.57. The van der Waals surface area contributed by atoms with Crippen LogP contribution in [0.2, 0.25) is 0 Å². The minimum atomic E-state index is 0.0272. The third-order valence-electron chi connectivity index (χ3n) is 4.95. The lowest BCUT2D eigenvalue weighted by Gasteiger charge is -2.33. The molecule has 1 unspecified atom stereocenters. The van der Waals surface area contributed by atoms with Gasteiger partial charge in [-0.2, -0.15) is 0 Å². The number of benzene rings is 2. The van der Waals surface area contributed by atoms with Crippen molar-refractivity contribution in [3.63, 3.8) is 0 Å². The standard InChI is InChI=1S/C21H25NO2/c1-15-8-6-9-16(2)21(15)24-14-20(23)22(3)19-13-7-11-17-10-4-5-12-18(17)19/h4-6,8-10,12,19H,7,11,13-14H2,1-3H3. The van der Waals surface area contributed by atoms with Crippen LogP contribution in [0.5, 0.6) is 5.75 Å². The normalized spacial score (nSPS) is 16.4. The Hall–Kier alpha value is -2.29. The van der Waals surface area contributed by atoms with E-state index in [1.807, 2.05) is 44.0 Å². The number of nitrogens with zero attached hydrogens (tertiary/aromatic N) is 1. The molecular formula is C21H25NO2. The third-order valence-corrected chi connectivity index (χ3v) is 4.95. The van der Waals surface area contributed by atoms with E-state index < -0.39 is 0 Å². The van der Waals surface area contributed by atoms with Gasteiger partial charge in [-0.05, 0) is 55.4 Å². The molecule has 3 nitrogen and oxygen atoms in total. The van der Waals surface area contributed by atoms with E-state index in [0.717, 1.165) is 36.1 Å². The van der Waals surface area contributed by atoms with Crippen molar-refractivity contribution in [3.8, 4) is 5.75 Å². The zero-order valence-electron chi connectivity index (χ0n) is 14.7. The first-order chi connectivity index (χ1) is 11.6. The molecule has 0 radical (unpaired) electrons. The summed E-state index contributed by atoms with van der Waals surface area (Å²) in [6, 6.07) is 14.6. The highest BCUT2D eigenvalue weighted by atomic mass is 16.5. The van der Waals surface area contributed by atoms with Crippen molar-refractivity contribution in [1.29, 1.82) is 0 Å². The van der Waals surface area contributed by atoms with Crippen LogP contribution in [0.4, 0.5) is 0 Å². The van der Waals surface area contributed by atoms with Crippen molar-refractivity contribution >= 4 is 5.91 Å². The molecule has 1 atom stereocenters. The molecule has 2 aromatic rings. The summed E-state index contributed by atoms with van der Waals surface area (Å²) in [6.45, 7) is 4.10. The van der Waals surface area contributed by atoms with Gasteiger partial charge in [-0.25, -0.2) is 0 Å². The van der Waals surface area contributed by atoms with E-state index in [2.05, 4.69) is 24.3 Å². The van der Waals surface area contributed by atoms with E-state index in [-0.39, 0.29) is 18.6 Å². The highest BCUT2D eigenvalue weighted by molar-refractivity contribution is 5.78. The lowest BCUT2D eigenvalue weighted by molar-refractivity contribution is -0.134. The van der Waals surface area contributed by atoms with E-state index in [4.69, 9.17) is 4.74 Å². The van der Waals surface area contributed by atoms with Gasteiger partial charge in [0.1, 0.15) is 5.75 Å². The van der Waals surface area contributed by atoms with Gasteiger partial charge in [-0.15, -0.1) is 0 Å². The molecule has 0 N–H and O–H groups in total. The third kappa shape index (κ3) is 3.30. The highest BCUT2D eigenvalue weighted by Gasteiger charge is 2.26. The number of aryl methyl sites for hydroxylation is 3. The average molecular weight is 323 g/mol. The fraction of sp³-hybridized carbons (Fsp3) is 0.381. The van der Waals surface area contributed by atoms with Gasteiger partial charge in [-0.3, -0.25) is 4.79 Å². The SMILES string of the molecule is Cc1cccc(C)c1OCC(=O)N(C)C1CCCc2ccccc21. The molecule has 0 saturated heterocycles. The first-order valence-electron chi connectivity index (χ1n) is 8.60. The summed E-state index contributed by atoms with van der Waals surface area (Å²) < 4.78 is 5.84. The van der Waals surface area contributed by atoms with Gasteiger partial charge >= 0.3 is 0 Å². The van der Waals surface area contributed by atoms with Crippen LogP contribution >= 0.6 is 0 Å². The van der Waals surface area contributed by atoms with E-state index in [1.165, 1.54) is 11.1 Å². The van der Waals surface area contributed by atoms with Crippen molar-refractivity contribution in [2.45, 2.75) is 39.2 Å². The second-order valence-electron chi connectivity index (χ2n) is 6.62. The number of carbonyl (C=O) groups is 1.